The number of nitro benzene ring substituents is 1. The van der Waals surface area contributed by atoms with Crippen molar-refractivity contribution in [2.75, 3.05) is 12.4 Å². The maximum Gasteiger partial charge on any atom is 0.274 e. The second kappa shape index (κ2) is 6.81. The number of benzene rings is 2. The van der Waals surface area contributed by atoms with Gasteiger partial charge in [0.05, 0.1) is 17.1 Å². The Kier molecular flexibility index (Phi) is 4.84. The molecule has 1 N–H and O–H groups in total. The molecule has 5 nitrogen and oxygen atoms in total. The number of rotatable bonds is 6. The Morgan fingerprint density at radius 3 is 2.71 bits per heavy atom. The lowest BCUT2D eigenvalue weighted by Gasteiger charge is -2.11. The lowest BCUT2D eigenvalue weighted by Crippen LogP contribution is -2.06. The predicted molar refractivity (Wildman–Crippen MR) is 77.5 cm³/mol. The number of halogens is 1. The van der Waals surface area contributed by atoms with Crippen LogP contribution in [-0.4, -0.2) is 12.0 Å². The fourth-order valence-corrected chi connectivity index (χ4v) is 2.04. The molecule has 110 valence electrons. The highest BCUT2D eigenvalue weighted by molar-refractivity contribution is 5.52. The molecule has 0 heterocycles. The van der Waals surface area contributed by atoms with Crippen molar-refractivity contribution in [3.8, 4) is 0 Å². The van der Waals surface area contributed by atoms with E-state index in [0.29, 0.717) is 12.2 Å². The first-order valence-electron chi connectivity index (χ1n) is 6.35. The topological polar surface area (TPSA) is 64.4 Å². The van der Waals surface area contributed by atoms with Crippen LogP contribution < -0.4 is 5.32 Å². The fourth-order valence-electron chi connectivity index (χ4n) is 2.04. The summed E-state index contributed by atoms with van der Waals surface area (Å²) in [7, 11) is 1.59. The summed E-state index contributed by atoms with van der Waals surface area (Å²) in [5.74, 6) is -0.498. The number of nitrogens with zero attached hydrogens (tertiary/aromatic N) is 1. The van der Waals surface area contributed by atoms with Crippen LogP contribution in [0.2, 0.25) is 0 Å². The second-order valence-electron chi connectivity index (χ2n) is 4.47. The van der Waals surface area contributed by atoms with E-state index in [1.165, 1.54) is 12.1 Å². The van der Waals surface area contributed by atoms with Crippen molar-refractivity contribution in [3.63, 3.8) is 0 Å². The quantitative estimate of drug-likeness (QED) is 0.653. The largest absolute Gasteiger partial charge is 0.380 e. The third kappa shape index (κ3) is 3.76. The molecule has 0 unspecified atom stereocenters. The minimum atomic E-state index is -0.516. The molecule has 0 radical (unpaired) electrons. The summed E-state index contributed by atoms with van der Waals surface area (Å²) in [5.41, 5.74) is 1.93. The summed E-state index contributed by atoms with van der Waals surface area (Å²) in [5, 5.41) is 14.0. The van der Waals surface area contributed by atoms with Gasteiger partial charge in [-0.15, -0.1) is 0 Å². The summed E-state index contributed by atoms with van der Waals surface area (Å²) in [4.78, 5) is 10.4. The Bertz CT molecular complexity index is 647. The molecule has 0 aromatic heterocycles. The minimum Gasteiger partial charge on any atom is -0.380 e. The normalized spacial score (nSPS) is 10.4. The van der Waals surface area contributed by atoms with Gasteiger partial charge >= 0.3 is 0 Å². The van der Waals surface area contributed by atoms with Crippen LogP contribution in [0.15, 0.2) is 42.5 Å². The first-order valence-corrected chi connectivity index (χ1v) is 6.35. The van der Waals surface area contributed by atoms with Gasteiger partial charge in [0, 0.05) is 31.0 Å². The first kappa shape index (κ1) is 14.9. The van der Waals surface area contributed by atoms with Crippen LogP contribution in [0.1, 0.15) is 11.1 Å². The van der Waals surface area contributed by atoms with Crippen LogP contribution in [-0.2, 0) is 17.9 Å². The van der Waals surface area contributed by atoms with Crippen LogP contribution >= 0.6 is 0 Å². The number of para-hydroxylation sites is 1. The molecule has 0 aliphatic heterocycles. The second-order valence-corrected chi connectivity index (χ2v) is 4.47. The van der Waals surface area contributed by atoms with Gasteiger partial charge in [0.1, 0.15) is 5.82 Å². The van der Waals surface area contributed by atoms with E-state index in [1.54, 1.807) is 7.11 Å². The van der Waals surface area contributed by atoms with Crippen LogP contribution in [0, 0.1) is 15.9 Å². The van der Waals surface area contributed by atoms with E-state index in [9.17, 15) is 14.5 Å². The zero-order valence-electron chi connectivity index (χ0n) is 11.5. The highest BCUT2D eigenvalue weighted by atomic mass is 19.1. The fraction of sp³-hybridized carbons (Fsp3) is 0.200. The van der Waals surface area contributed by atoms with Crippen molar-refractivity contribution in [2.24, 2.45) is 0 Å². The van der Waals surface area contributed by atoms with E-state index < -0.39 is 10.7 Å². The summed E-state index contributed by atoms with van der Waals surface area (Å²) in [6, 6.07) is 10.9. The Morgan fingerprint density at radius 1 is 1.24 bits per heavy atom. The standard InChI is InChI=1S/C15H15FN2O3/c1-21-10-11-4-2-3-5-14(11)17-9-12-8-13(16)6-7-15(12)18(19)20/h2-8,17H,9-10H2,1H3. The van der Waals surface area contributed by atoms with E-state index >= 15 is 0 Å². The molecule has 0 fully saturated rings. The molecule has 0 bridgehead atoms. The third-order valence-electron chi connectivity index (χ3n) is 3.02. The highest BCUT2D eigenvalue weighted by Gasteiger charge is 2.14. The van der Waals surface area contributed by atoms with Gasteiger partial charge in [-0.05, 0) is 18.2 Å². The molecule has 0 amide bonds. The van der Waals surface area contributed by atoms with Crippen molar-refractivity contribution in [3.05, 3.63) is 69.5 Å². The monoisotopic (exact) mass is 290 g/mol. The number of ether oxygens (including phenoxy) is 1. The molecule has 0 aliphatic carbocycles. The SMILES string of the molecule is COCc1ccccc1NCc1cc(F)ccc1[N+](=O)[O-]. The third-order valence-corrected chi connectivity index (χ3v) is 3.02. The summed E-state index contributed by atoms with van der Waals surface area (Å²) >= 11 is 0. The maximum absolute atomic E-state index is 13.3. The summed E-state index contributed by atoms with van der Waals surface area (Å²) < 4.78 is 18.4. The molecule has 0 saturated heterocycles. The minimum absolute atomic E-state index is 0.104. The van der Waals surface area contributed by atoms with E-state index in [1.807, 2.05) is 24.3 Å². The Balaban J connectivity index is 2.20. The number of hydrogen-bond acceptors (Lipinski definition) is 4. The van der Waals surface area contributed by atoms with Crippen LogP contribution in [0.3, 0.4) is 0 Å². The van der Waals surface area contributed by atoms with Crippen molar-refractivity contribution < 1.29 is 14.1 Å². The van der Waals surface area contributed by atoms with Crippen LogP contribution in [0.5, 0.6) is 0 Å². The van der Waals surface area contributed by atoms with E-state index in [0.717, 1.165) is 17.3 Å². The Labute approximate surface area is 121 Å². The lowest BCUT2D eigenvalue weighted by atomic mass is 10.1. The van der Waals surface area contributed by atoms with Crippen molar-refractivity contribution in [1.29, 1.82) is 0 Å². The van der Waals surface area contributed by atoms with E-state index in [4.69, 9.17) is 4.74 Å². The molecule has 0 atom stereocenters. The molecular formula is C15H15FN2O3. The molecule has 2 rings (SSSR count). The van der Waals surface area contributed by atoms with Gasteiger partial charge in [0.2, 0.25) is 0 Å². The molecule has 0 spiro atoms. The number of anilines is 1. The summed E-state index contributed by atoms with van der Waals surface area (Å²) in [6.07, 6.45) is 0. The zero-order chi connectivity index (χ0) is 15.2. The van der Waals surface area contributed by atoms with Gasteiger partial charge in [-0.1, -0.05) is 18.2 Å². The zero-order valence-corrected chi connectivity index (χ0v) is 11.5. The predicted octanol–water partition coefficient (Wildman–Crippen LogP) is 3.49. The Hall–Kier alpha value is -2.47. The van der Waals surface area contributed by atoms with Crippen LogP contribution in [0.4, 0.5) is 15.8 Å². The average Bonchev–Trinajstić information content (AvgIpc) is 2.46. The average molecular weight is 290 g/mol. The van der Waals surface area contributed by atoms with Crippen LogP contribution in [0.25, 0.3) is 0 Å². The van der Waals surface area contributed by atoms with Crippen molar-refractivity contribution in [2.45, 2.75) is 13.2 Å². The smallest absolute Gasteiger partial charge is 0.274 e. The van der Waals surface area contributed by atoms with Gasteiger partial charge in [0.15, 0.2) is 0 Å². The molecular weight excluding hydrogens is 275 g/mol. The van der Waals surface area contributed by atoms with E-state index in [-0.39, 0.29) is 12.2 Å². The molecule has 2 aromatic carbocycles. The lowest BCUT2D eigenvalue weighted by molar-refractivity contribution is -0.385. The van der Waals surface area contributed by atoms with Gasteiger partial charge in [-0.3, -0.25) is 10.1 Å². The van der Waals surface area contributed by atoms with Gasteiger partial charge < -0.3 is 10.1 Å². The number of nitrogens with one attached hydrogen (secondary N) is 1. The van der Waals surface area contributed by atoms with Crippen molar-refractivity contribution in [1.82, 2.24) is 0 Å². The van der Waals surface area contributed by atoms with Gasteiger partial charge in [-0.2, -0.15) is 0 Å². The highest BCUT2D eigenvalue weighted by Crippen LogP contribution is 2.22. The number of nitro groups is 1. The summed E-state index contributed by atoms with van der Waals surface area (Å²) in [6.45, 7) is 0.587. The molecule has 0 aliphatic rings. The molecule has 0 saturated carbocycles. The van der Waals surface area contributed by atoms with Gasteiger partial charge in [-0.25, -0.2) is 4.39 Å². The van der Waals surface area contributed by atoms with E-state index in [2.05, 4.69) is 5.32 Å². The molecule has 6 heteroatoms. The molecule has 2 aromatic rings. The maximum atomic E-state index is 13.3. The number of hydrogen-bond donors (Lipinski definition) is 1. The molecule has 21 heavy (non-hydrogen) atoms. The van der Waals surface area contributed by atoms with Gasteiger partial charge in [0.25, 0.3) is 5.69 Å². The van der Waals surface area contributed by atoms with Crippen molar-refractivity contribution >= 4 is 11.4 Å². The first-order chi connectivity index (χ1) is 10.1. The number of methoxy groups -OCH3 is 1. The Morgan fingerprint density at radius 2 is 2.00 bits per heavy atom.